The second-order valence-corrected chi connectivity index (χ2v) is 7.84. The summed E-state index contributed by atoms with van der Waals surface area (Å²) in [5.41, 5.74) is 0.848. The third-order valence-corrected chi connectivity index (χ3v) is 5.80. The van der Waals surface area contributed by atoms with Gasteiger partial charge in [-0.15, -0.1) is 0 Å². The van der Waals surface area contributed by atoms with E-state index in [4.69, 9.17) is 0 Å². The number of likely N-dealkylation sites (tertiary alicyclic amines) is 1. The normalized spacial score (nSPS) is 20.5. The lowest BCUT2D eigenvalue weighted by Crippen LogP contribution is -2.45. The Hall–Kier alpha value is -2.37. The van der Waals surface area contributed by atoms with Gasteiger partial charge in [0.25, 0.3) is 0 Å². The maximum Gasteiger partial charge on any atom is 0.228 e. The van der Waals surface area contributed by atoms with Crippen LogP contribution in [0.4, 0.5) is 5.69 Å². The molecule has 2 fully saturated rings. The van der Waals surface area contributed by atoms with Crippen LogP contribution in [0.15, 0.2) is 30.3 Å². The molecule has 0 aromatic heterocycles. The number of nitrogens with one attached hydrogen (secondary N) is 1. The van der Waals surface area contributed by atoms with Crippen LogP contribution >= 0.6 is 0 Å². The fourth-order valence-electron chi connectivity index (χ4n) is 4.08. The van der Waals surface area contributed by atoms with Gasteiger partial charge in [0.2, 0.25) is 17.7 Å². The van der Waals surface area contributed by atoms with Crippen molar-refractivity contribution in [2.75, 3.05) is 31.1 Å². The number of unbranched alkanes of at least 4 members (excludes halogenated alkanes) is 2. The second kappa shape index (κ2) is 9.71. The van der Waals surface area contributed by atoms with Gasteiger partial charge in [0.05, 0.1) is 5.92 Å². The Morgan fingerprint density at radius 1 is 1.07 bits per heavy atom. The Bertz CT molecular complexity index is 684. The van der Waals surface area contributed by atoms with Crippen molar-refractivity contribution in [2.45, 2.75) is 45.4 Å². The summed E-state index contributed by atoms with van der Waals surface area (Å²) in [6.45, 7) is 4.53. The average molecular weight is 386 g/mol. The zero-order valence-electron chi connectivity index (χ0n) is 16.7. The second-order valence-electron chi connectivity index (χ2n) is 7.84. The molecule has 28 heavy (non-hydrogen) atoms. The molecule has 0 bridgehead atoms. The predicted molar refractivity (Wildman–Crippen MR) is 109 cm³/mol. The summed E-state index contributed by atoms with van der Waals surface area (Å²) in [5.74, 6) is -0.113. The smallest absolute Gasteiger partial charge is 0.228 e. The summed E-state index contributed by atoms with van der Waals surface area (Å²) in [4.78, 5) is 41.1. The highest BCUT2D eigenvalue weighted by Crippen LogP contribution is 2.27. The van der Waals surface area contributed by atoms with Gasteiger partial charge in [-0.3, -0.25) is 14.4 Å². The molecule has 0 spiro atoms. The van der Waals surface area contributed by atoms with E-state index in [2.05, 4.69) is 12.2 Å². The molecule has 1 aromatic carbocycles. The van der Waals surface area contributed by atoms with E-state index in [9.17, 15) is 14.4 Å². The van der Waals surface area contributed by atoms with Crippen LogP contribution in [0.5, 0.6) is 0 Å². The maximum atomic E-state index is 12.9. The Labute approximate surface area is 167 Å². The number of amides is 3. The molecule has 1 unspecified atom stereocenters. The third-order valence-electron chi connectivity index (χ3n) is 5.80. The van der Waals surface area contributed by atoms with Gasteiger partial charge in [0.1, 0.15) is 0 Å². The quantitative estimate of drug-likeness (QED) is 0.734. The molecule has 1 N–H and O–H groups in total. The Balaban J connectivity index is 1.46. The molecule has 0 radical (unpaired) electrons. The van der Waals surface area contributed by atoms with Gasteiger partial charge >= 0.3 is 0 Å². The van der Waals surface area contributed by atoms with Crippen molar-refractivity contribution in [3.05, 3.63) is 30.3 Å². The molecule has 0 aliphatic carbocycles. The zero-order chi connectivity index (χ0) is 19.9. The van der Waals surface area contributed by atoms with Crippen LogP contribution in [0.3, 0.4) is 0 Å². The topological polar surface area (TPSA) is 69.7 Å². The number of rotatable bonds is 7. The lowest BCUT2D eigenvalue weighted by Gasteiger charge is -2.33. The number of carbonyl (C=O) groups is 3. The molecule has 0 saturated carbocycles. The Morgan fingerprint density at radius 2 is 1.79 bits per heavy atom. The first kappa shape index (κ1) is 20.4. The standard InChI is InChI=1S/C22H31N3O3/c1-2-3-7-12-23-21(27)17-10-13-24(14-11-17)22(28)18-15-20(26)25(16-18)19-8-5-4-6-9-19/h4-6,8-9,17-18H,2-3,7,10-16H2,1H3,(H,23,27). The van der Waals surface area contributed by atoms with E-state index in [1.54, 1.807) is 4.90 Å². The van der Waals surface area contributed by atoms with Gasteiger partial charge in [0, 0.05) is 44.2 Å². The SMILES string of the molecule is CCCCCNC(=O)C1CCN(C(=O)C2CC(=O)N(c3ccccc3)C2)CC1. The number of hydrogen-bond acceptors (Lipinski definition) is 3. The van der Waals surface area contributed by atoms with E-state index in [1.807, 2.05) is 35.2 Å². The first-order chi connectivity index (χ1) is 13.6. The molecule has 6 nitrogen and oxygen atoms in total. The number of para-hydroxylation sites is 1. The van der Waals surface area contributed by atoms with E-state index in [1.165, 1.54) is 0 Å². The van der Waals surface area contributed by atoms with Gasteiger partial charge < -0.3 is 15.1 Å². The highest BCUT2D eigenvalue weighted by molar-refractivity contribution is 6.00. The molecule has 1 aromatic rings. The molecule has 2 saturated heterocycles. The van der Waals surface area contributed by atoms with E-state index in [0.717, 1.165) is 31.5 Å². The van der Waals surface area contributed by atoms with Gasteiger partial charge in [-0.25, -0.2) is 0 Å². The summed E-state index contributed by atoms with van der Waals surface area (Å²) < 4.78 is 0. The van der Waals surface area contributed by atoms with Crippen molar-refractivity contribution in [3.63, 3.8) is 0 Å². The number of piperidine rings is 1. The highest BCUT2D eigenvalue weighted by Gasteiger charge is 2.38. The molecule has 152 valence electrons. The highest BCUT2D eigenvalue weighted by atomic mass is 16.2. The van der Waals surface area contributed by atoms with Crippen LogP contribution in [0.2, 0.25) is 0 Å². The average Bonchev–Trinajstić information content (AvgIpc) is 3.13. The van der Waals surface area contributed by atoms with Gasteiger partial charge in [0.15, 0.2) is 0 Å². The van der Waals surface area contributed by atoms with Crippen LogP contribution in [0.1, 0.15) is 45.4 Å². The summed E-state index contributed by atoms with van der Waals surface area (Å²) in [7, 11) is 0. The minimum atomic E-state index is -0.285. The predicted octanol–water partition coefficient (Wildman–Crippen LogP) is 2.58. The minimum Gasteiger partial charge on any atom is -0.356 e. The third kappa shape index (κ3) is 4.91. The van der Waals surface area contributed by atoms with Crippen molar-refractivity contribution >= 4 is 23.4 Å². The van der Waals surface area contributed by atoms with Crippen molar-refractivity contribution in [1.29, 1.82) is 0 Å². The fourth-order valence-corrected chi connectivity index (χ4v) is 4.08. The fraction of sp³-hybridized carbons (Fsp3) is 0.591. The largest absolute Gasteiger partial charge is 0.356 e. The lowest BCUT2D eigenvalue weighted by atomic mass is 9.94. The van der Waals surface area contributed by atoms with Crippen LogP contribution in [0, 0.1) is 11.8 Å². The number of hydrogen-bond donors (Lipinski definition) is 1. The van der Waals surface area contributed by atoms with Crippen molar-refractivity contribution in [1.82, 2.24) is 10.2 Å². The van der Waals surface area contributed by atoms with E-state index < -0.39 is 0 Å². The van der Waals surface area contributed by atoms with Gasteiger partial charge in [-0.1, -0.05) is 38.0 Å². The molecular formula is C22H31N3O3. The molecule has 1 atom stereocenters. The first-order valence-electron chi connectivity index (χ1n) is 10.5. The summed E-state index contributed by atoms with van der Waals surface area (Å²) in [6, 6.07) is 9.51. The van der Waals surface area contributed by atoms with Crippen LogP contribution in [-0.4, -0.2) is 48.8 Å². The summed E-state index contributed by atoms with van der Waals surface area (Å²) in [5, 5.41) is 3.02. The van der Waals surface area contributed by atoms with Crippen molar-refractivity contribution < 1.29 is 14.4 Å². The lowest BCUT2D eigenvalue weighted by molar-refractivity contribution is -0.139. The monoisotopic (exact) mass is 385 g/mol. The first-order valence-corrected chi connectivity index (χ1v) is 10.5. The van der Waals surface area contributed by atoms with Gasteiger partial charge in [-0.2, -0.15) is 0 Å². The zero-order valence-corrected chi connectivity index (χ0v) is 16.7. The van der Waals surface area contributed by atoms with Crippen molar-refractivity contribution in [3.8, 4) is 0 Å². The molecule has 3 amide bonds. The van der Waals surface area contributed by atoms with Crippen LogP contribution in [-0.2, 0) is 14.4 Å². The number of nitrogens with zero attached hydrogens (tertiary/aromatic N) is 2. The Kier molecular flexibility index (Phi) is 7.06. The molecule has 3 rings (SSSR count). The number of anilines is 1. The molecule has 2 aliphatic rings. The maximum absolute atomic E-state index is 12.9. The molecule has 6 heteroatoms. The van der Waals surface area contributed by atoms with Crippen LogP contribution in [0.25, 0.3) is 0 Å². The van der Waals surface area contributed by atoms with E-state index in [-0.39, 0.29) is 36.0 Å². The number of carbonyl (C=O) groups excluding carboxylic acids is 3. The molecular weight excluding hydrogens is 354 g/mol. The van der Waals surface area contributed by atoms with Crippen LogP contribution < -0.4 is 10.2 Å². The molecule has 2 heterocycles. The summed E-state index contributed by atoms with van der Waals surface area (Å²) >= 11 is 0. The number of benzene rings is 1. The molecule has 2 aliphatic heterocycles. The minimum absolute atomic E-state index is 0.00305. The summed E-state index contributed by atoms with van der Waals surface area (Å²) in [6.07, 6.45) is 4.97. The van der Waals surface area contributed by atoms with Crippen molar-refractivity contribution in [2.24, 2.45) is 11.8 Å². The van der Waals surface area contributed by atoms with E-state index >= 15 is 0 Å². The van der Waals surface area contributed by atoms with Gasteiger partial charge in [-0.05, 0) is 31.4 Å². The Morgan fingerprint density at radius 3 is 2.46 bits per heavy atom. The van der Waals surface area contributed by atoms with E-state index in [0.29, 0.717) is 32.5 Å².